The summed E-state index contributed by atoms with van der Waals surface area (Å²) < 4.78 is 5.10. The highest BCUT2D eigenvalue weighted by Gasteiger charge is 2.27. The maximum Gasteiger partial charge on any atom is 0.420 e. The average molecular weight is 337 g/mol. The summed E-state index contributed by atoms with van der Waals surface area (Å²) in [6, 6.07) is 0. The van der Waals surface area contributed by atoms with Crippen LogP contribution in [0.5, 0.6) is 0 Å². The van der Waals surface area contributed by atoms with Crippen molar-refractivity contribution in [2.24, 2.45) is 0 Å². The molecule has 0 radical (unpaired) electrons. The summed E-state index contributed by atoms with van der Waals surface area (Å²) in [6.45, 7) is 8.25. The Morgan fingerprint density at radius 3 is 2.38 bits per heavy atom. The first-order valence-electron chi connectivity index (χ1n) is 7.76. The minimum Gasteiger partial charge on any atom is -0.465 e. The zero-order valence-electron chi connectivity index (χ0n) is 14.2. The number of ether oxygens (including phenoxy) is 1. The number of anilines is 1. The number of rotatable bonds is 3. The van der Waals surface area contributed by atoms with E-state index in [4.69, 9.17) is 4.74 Å². The summed E-state index contributed by atoms with van der Waals surface area (Å²) in [5.74, 6) is 0.597. The van der Waals surface area contributed by atoms with Gasteiger partial charge in [-0.15, -0.1) is 0 Å². The van der Waals surface area contributed by atoms with E-state index < -0.39 is 17.8 Å². The maximum atomic E-state index is 12.0. The van der Waals surface area contributed by atoms with Gasteiger partial charge in [0.15, 0.2) is 0 Å². The smallest absolute Gasteiger partial charge is 0.420 e. The summed E-state index contributed by atoms with van der Waals surface area (Å²) in [5, 5.41) is 12.5. The lowest BCUT2D eigenvalue weighted by Crippen LogP contribution is -2.44. The van der Waals surface area contributed by atoms with E-state index in [2.05, 4.69) is 15.3 Å². The third-order valence-corrected chi connectivity index (χ3v) is 3.28. The predicted molar refractivity (Wildman–Crippen MR) is 86.9 cm³/mol. The van der Waals surface area contributed by atoms with Crippen molar-refractivity contribution in [3.8, 4) is 0 Å². The monoisotopic (exact) mass is 337 g/mol. The van der Waals surface area contributed by atoms with Gasteiger partial charge in [-0.05, 0) is 20.8 Å². The van der Waals surface area contributed by atoms with Gasteiger partial charge in [0.1, 0.15) is 5.60 Å². The molecular formula is C15H23N5O4. The quantitative estimate of drug-likeness (QED) is 0.850. The molecule has 132 valence electrons. The van der Waals surface area contributed by atoms with Gasteiger partial charge in [-0.1, -0.05) is 0 Å². The lowest BCUT2D eigenvalue weighted by atomic mass is 10.2. The van der Waals surface area contributed by atoms with Gasteiger partial charge in [0, 0.05) is 44.1 Å². The van der Waals surface area contributed by atoms with Crippen LogP contribution in [0, 0.1) is 0 Å². The van der Waals surface area contributed by atoms with Crippen molar-refractivity contribution in [2.45, 2.75) is 32.9 Å². The van der Waals surface area contributed by atoms with E-state index in [-0.39, 0.29) is 6.54 Å². The summed E-state index contributed by atoms with van der Waals surface area (Å²) in [5.41, 5.74) is -0.255. The second-order valence-electron chi connectivity index (χ2n) is 6.48. The van der Waals surface area contributed by atoms with E-state index in [0.29, 0.717) is 16.4 Å². The van der Waals surface area contributed by atoms with Gasteiger partial charge in [0.2, 0.25) is 5.95 Å². The molecule has 0 atom stereocenters. The van der Waals surface area contributed by atoms with Crippen molar-refractivity contribution in [1.29, 1.82) is 0 Å². The Bertz CT molecular complexity index is 579. The van der Waals surface area contributed by atoms with Crippen molar-refractivity contribution >= 4 is 18.1 Å². The summed E-state index contributed by atoms with van der Waals surface area (Å²) in [6.07, 6.45) is 0.770. The van der Waals surface area contributed by atoms with Crippen molar-refractivity contribution < 1.29 is 19.4 Å². The fraction of sp³-hybridized carbons (Fsp3) is 0.600. The molecule has 2 amide bonds. The van der Waals surface area contributed by atoms with E-state index in [1.165, 1.54) is 12.4 Å². The Morgan fingerprint density at radius 2 is 1.88 bits per heavy atom. The van der Waals surface area contributed by atoms with Crippen molar-refractivity contribution in [1.82, 2.24) is 20.2 Å². The van der Waals surface area contributed by atoms with Gasteiger partial charge in [-0.25, -0.2) is 24.5 Å². The van der Waals surface area contributed by atoms with Crippen LogP contribution in [0.3, 0.4) is 0 Å². The lowest BCUT2D eigenvalue weighted by molar-refractivity contribution is 0.0255. The molecule has 24 heavy (non-hydrogen) atoms. The number of carboxylic acid groups (broad SMARTS) is 1. The zero-order valence-corrected chi connectivity index (χ0v) is 14.2. The molecule has 1 aromatic heterocycles. The molecule has 0 aromatic carbocycles. The third-order valence-electron chi connectivity index (χ3n) is 3.28. The van der Waals surface area contributed by atoms with Crippen LogP contribution in [0.2, 0.25) is 0 Å². The predicted octanol–water partition coefficient (Wildman–Crippen LogP) is 1.30. The number of carbonyl (C=O) groups excluding carboxylic acids is 1. The zero-order chi connectivity index (χ0) is 17.7. The van der Waals surface area contributed by atoms with Crippen molar-refractivity contribution in [3.63, 3.8) is 0 Å². The number of hydrogen-bond donors (Lipinski definition) is 2. The molecule has 0 unspecified atom stereocenters. The number of aromatic nitrogens is 2. The number of nitrogens with zero attached hydrogens (tertiary/aromatic N) is 4. The summed E-state index contributed by atoms with van der Waals surface area (Å²) in [7, 11) is 0. The molecule has 1 aliphatic heterocycles. The third kappa shape index (κ3) is 5.05. The fourth-order valence-corrected chi connectivity index (χ4v) is 2.17. The maximum absolute atomic E-state index is 12.0. The first-order chi connectivity index (χ1) is 11.3. The molecule has 2 rings (SSSR count). The number of piperazine rings is 1. The van der Waals surface area contributed by atoms with E-state index >= 15 is 0 Å². The van der Waals surface area contributed by atoms with E-state index in [1.54, 1.807) is 20.8 Å². The highest BCUT2D eigenvalue weighted by atomic mass is 16.6. The van der Waals surface area contributed by atoms with E-state index in [1.807, 2.05) is 4.90 Å². The molecule has 9 heteroatoms. The van der Waals surface area contributed by atoms with Gasteiger partial charge in [-0.3, -0.25) is 0 Å². The highest BCUT2D eigenvalue weighted by molar-refractivity contribution is 5.86. The standard InChI is InChI=1S/C15H23N5O4/c1-15(2,3)24-14(23)20(13(21)22)10-11-8-17-12(18-9-11)19-6-4-16-5-7-19/h8-9,16H,4-7,10H2,1-3H3,(H,21,22). The molecule has 1 aliphatic rings. The molecule has 0 saturated carbocycles. The molecule has 1 aromatic rings. The minimum atomic E-state index is -1.38. The summed E-state index contributed by atoms with van der Waals surface area (Å²) in [4.78, 5) is 34.5. The molecule has 2 N–H and O–H groups in total. The molecule has 0 aliphatic carbocycles. The molecular weight excluding hydrogens is 314 g/mol. The molecule has 2 heterocycles. The summed E-state index contributed by atoms with van der Waals surface area (Å²) >= 11 is 0. The van der Waals surface area contributed by atoms with Gasteiger partial charge in [0.25, 0.3) is 0 Å². The topological polar surface area (TPSA) is 108 Å². The van der Waals surface area contributed by atoms with Crippen LogP contribution in [0.1, 0.15) is 26.3 Å². The van der Waals surface area contributed by atoms with Crippen LogP contribution in [0.4, 0.5) is 15.5 Å². The molecule has 1 saturated heterocycles. The first-order valence-corrected chi connectivity index (χ1v) is 7.76. The van der Waals surface area contributed by atoms with Crippen LogP contribution < -0.4 is 10.2 Å². The van der Waals surface area contributed by atoms with Gasteiger partial charge in [-0.2, -0.15) is 0 Å². The second kappa shape index (κ2) is 7.43. The van der Waals surface area contributed by atoms with Gasteiger partial charge in [0.05, 0.1) is 6.54 Å². The molecule has 0 bridgehead atoms. The van der Waals surface area contributed by atoms with Crippen LogP contribution in [-0.2, 0) is 11.3 Å². The van der Waals surface area contributed by atoms with Crippen molar-refractivity contribution in [3.05, 3.63) is 18.0 Å². The Balaban J connectivity index is 2.04. The van der Waals surface area contributed by atoms with Crippen LogP contribution >= 0.6 is 0 Å². The number of imide groups is 1. The number of amides is 2. The Morgan fingerprint density at radius 1 is 1.29 bits per heavy atom. The van der Waals surface area contributed by atoms with Gasteiger partial charge >= 0.3 is 12.2 Å². The van der Waals surface area contributed by atoms with E-state index in [0.717, 1.165) is 26.2 Å². The average Bonchev–Trinajstić information content (AvgIpc) is 2.52. The minimum absolute atomic E-state index is 0.161. The van der Waals surface area contributed by atoms with E-state index in [9.17, 15) is 14.7 Å². The highest BCUT2D eigenvalue weighted by Crippen LogP contribution is 2.14. The van der Waals surface area contributed by atoms with Crippen molar-refractivity contribution in [2.75, 3.05) is 31.1 Å². The Kier molecular flexibility index (Phi) is 5.55. The number of carbonyl (C=O) groups is 2. The molecule has 1 fully saturated rings. The number of nitrogens with one attached hydrogen (secondary N) is 1. The molecule has 9 nitrogen and oxygen atoms in total. The van der Waals surface area contributed by atoms with Gasteiger partial charge < -0.3 is 20.1 Å². The van der Waals surface area contributed by atoms with Crippen LogP contribution in [0.15, 0.2) is 12.4 Å². The second-order valence-corrected chi connectivity index (χ2v) is 6.48. The fourth-order valence-electron chi connectivity index (χ4n) is 2.17. The first kappa shape index (κ1) is 17.9. The lowest BCUT2D eigenvalue weighted by Gasteiger charge is -2.27. The van der Waals surface area contributed by atoms with Crippen LogP contribution in [-0.4, -0.2) is 63.9 Å². The largest absolute Gasteiger partial charge is 0.465 e. The molecule has 0 spiro atoms. The Labute approximate surface area is 140 Å². The SMILES string of the molecule is CC(C)(C)OC(=O)N(Cc1cnc(N2CCNCC2)nc1)C(=O)O. The normalized spacial score (nSPS) is 15.0. The van der Waals surface area contributed by atoms with Crippen LogP contribution in [0.25, 0.3) is 0 Å². The Hall–Kier alpha value is -2.42. The number of hydrogen-bond acceptors (Lipinski definition) is 7.